The van der Waals surface area contributed by atoms with Gasteiger partial charge in [-0.15, -0.1) is 0 Å². The molecule has 2 rings (SSSR count). The lowest BCUT2D eigenvalue weighted by molar-refractivity contribution is -0.141. The fraction of sp³-hybridized carbons (Fsp3) is 0.556. The van der Waals surface area contributed by atoms with Crippen LogP contribution in [0, 0.1) is 0 Å². The third-order valence-electron chi connectivity index (χ3n) is 2.73. The molecule has 1 aromatic rings. The second-order valence-electron chi connectivity index (χ2n) is 3.60. The Hall–Kier alpha value is -1.13. The van der Waals surface area contributed by atoms with E-state index in [1.54, 1.807) is 0 Å². The van der Waals surface area contributed by atoms with Gasteiger partial charge in [0.1, 0.15) is 0 Å². The summed E-state index contributed by atoms with van der Waals surface area (Å²) in [5.41, 5.74) is 0.299. The second-order valence-corrected chi connectivity index (χ2v) is 3.60. The van der Waals surface area contributed by atoms with E-state index in [-0.39, 0.29) is 11.8 Å². The number of hydrogen-bond acceptors (Lipinski definition) is 2. The summed E-state index contributed by atoms with van der Waals surface area (Å²) in [6.45, 7) is 3.80. The highest BCUT2D eigenvalue weighted by atomic mass is 19.4. The van der Waals surface area contributed by atoms with Crippen molar-refractivity contribution in [2.75, 3.05) is 0 Å². The minimum Gasteiger partial charge on any atom is -0.257 e. The first kappa shape index (κ1) is 9.43. The summed E-state index contributed by atoms with van der Waals surface area (Å²) < 4.78 is 36.7. The van der Waals surface area contributed by atoms with E-state index >= 15 is 0 Å². The third kappa shape index (κ3) is 1.19. The van der Waals surface area contributed by atoms with Crippen molar-refractivity contribution >= 4 is 0 Å². The molecule has 76 valence electrons. The van der Waals surface area contributed by atoms with Crippen LogP contribution in [0.5, 0.6) is 0 Å². The normalized spacial score (nSPS) is 25.5. The van der Waals surface area contributed by atoms with Gasteiger partial charge in [0, 0.05) is 11.8 Å². The van der Waals surface area contributed by atoms with Gasteiger partial charge >= 0.3 is 6.18 Å². The maximum Gasteiger partial charge on any atom is 0.434 e. The van der Waals surface area contributed by atoms with Crippen molar-refractivity contribution in [2.45, 2.75) is 31.9 Å². The van der Waals surface area contributed by atoms with Gasteiger partial charge < -0.3 is 0 Å². The summed E-state index contributed by atoms with van der Waals surface area (Å²) in [4.78, 5) is 7.36. The Morgan fingerprint density at radius 1 is 1.14 bits per heavy atom. The van der Waals surface area contributed by atoms with E-state index < -0.39 is 11.9 Å². The molecule has 14 heavy (non-hydrogen) atoms. The summed E-state index contributed by atoms with van der Waals surface area (Å²) in [5.74, 6) is 0.305. The molecule has 0 saturated carbocycles. The number of halogens is 3. The molecule has 0 radical (unpaired) electrons. The molecule has 0 saturated heterocycles. The fourth-order valence-electron chi connectivity index (χ4n) is 1.61. The quantitative estimate of drug-likeness (QED) is 0.646. The summed E-state index contributed by atoms with van der Waals surface area (Å²) >= 11 is 0. The van der Waals surface area contributed by atoms with E-state index in [2.05, 4.69) is 9.97 Å². The van der Waals surface area contributed by atoms with Crippen LogP contribution in [-0.4, -0.2) is 9.97 Å². The zero-order valence-electron chi connectivity index (χ0n) is 7.76. The molecule has 2 atom stereocenters. The first-order chi connectivity index (χ1) is 6.41. The standard InChI is InChI=1S/C9H9F3N2/c1-4-5(2)8-7(4)13-3-6(14-8)9(10,11)12/h3-5H,1-2H3. The van der Waals surface area contributed by atoms with E-state index in [9.17, 15) is 13.2 Å². The third-order valence-corrected chi connectivity index (χ3v) is 2.73. The van der Waals surface area contributed by atoms with E-state index in [1.807, 2.05) is 13.8 Å². The largest absolute Gasteiger partial charge is 0.434 e. The topological polar surface area (TPSA) is 25.8 Å². The molecule has 2 unspecified atom stereocenters. The van der Waals surface area contributed by atoms with Crippen LogP contribution in [0.4, 0.5) is 13.2 Å². The lowest BCUT2D eigenvalue weighted by atomic mass is 9.77. The molecule has 0 fully saturated rings. The van der Waals surface area contributed by atoms with Crippen LogP contribution in [0.3, 0.4) is 0 Å². The zero-order valence-corrected chi connectivity index (χ0v) is 7.76. The predicted octanol–water partition coefficient (Wildman–Crippen LogP) is 2.72. The monoisotopic (exact) mass is 202 g/mol. The number of aromatic nitrogens is 2. The Bertz CT molecular complexity index is 373. The Morgan fingerprint density at radius 3 is 2.29 bits per heavy atom. The van der Waals surface area contributed by atoms with Crippen molar-refractivity contribution in [2.24, 2.45) is 0 Å². The second kappa shape index (κ2) is 2.68. The predicted molar refractivity (Wildman–Crippen MR) is 43.9 cm³/mol. The van der Waals surface area contributed by atoms with E-state index in [1.165, 1.54) is 0 Å². The van der Waals surface area contributed by atoms with Crippen LogP contribution in [-0.2, 0) is 6.18 Å². The van der Waals surface area contributed by atoms with Crippen LogP contribution < -0.4 is 0 Å². The van der Waals surface area contributed by atoms with Gasteiger partial charge in [0.05, 0.1) is 17.6 Å². The van der Waals surface area contributed by atoms with E-state index in [0.717, 1.165) is 6.20 Å². The molecule has 5 heteroatoms. The van der Waals surface area contributed by atoms with Gasteiger partial charge in [0.15, 0.2) is 5.69 Å². The fourth-order valence-corrected chi connectivity index (χ4v) is 1.61. The number of rotatable bonds is 0. The van der Waals surface area contributed by atoms with Crippen molar-refractivity contribution < 1.29 is 13.2 Å². The molecule has 0 aliphatic heterocycles. The molecule has 0 bridgehead atoms. The molecule has 1 aliphatic carbocycles. The van der Waals surface area contributed by atoms with Crippen LogP contribution in [0.15, 0.2) is 6.20 Å². The smallest absolute Gasteiger partial charge is 0.257 e. The summed E-state index contributed by atoms with van der Waals surface area (Å²) in [7, 11) is 0. The molecule has 2 nitrogen and oxygen atoms in total. The first-order valence-electron chi connectivity index (χ1n) is 4.35. The number of fused-ring (bicyclic) bond motifs is 1. The van der Waals surface area contributed by atoms with Crippen molar-refractivity contribution in [1.82, 2.24) is 9.97 Å². The number of hydrogen-bond donors (Lipinski definition) is 0. The molecule has 0 aromatic carbocycles. The highest BCUT2D eigenvalue weighted by molar-refractivity contribution is 5.34. The average Bonchev–Trinajstić information content (AvgIpc) is 2.14. The maximum atomic E-state index is 12.2. The van der Waals surface area contributed by atoms with E-state index in [0.29, 0.717) is 11.4 Å². The summed E-state index contributed by atoms with van der Waals surface area (Å²) in [6.07, 6.45) is -3.58. The van der Waals surface area contributed by atoms with Crippen LogP contribution in [0.25, 0.3) is 0 Å². The minimum absolute atomic E-state index is 0.0831. The van der Waals surface area contributed by atoms with Gasteiger partial charge in [-0.2, -0.15) is 13.2 Å². The van der Waals surface area contributed by atoms with Crippen LogP contribution >= 0.6 is 0 Å². The average molecular weight is 202 g/mol. The Balaban J connectivity index is 2.43. The van der Waals surface area contributed by atoms with Gasteiger partial charge in [0.2, 0.25) is 0 Å². The molecule has 0 N–H and O–H groups in total. The molecule has 0 amide bonds. The van der Waals surface area contributed by atoms with Crippen molar-refractivity contribution in [1.29, 1.82) is 0 Å². The van der Waals surface area contributed by atoms with Crippen molar-refractivity contribution in [3.63, 3.8) is 0 Å². The molecule has 1 heterocycles. The van der Waals surface area contributed by atoms with Gasteiger partial charge in [-0.1, -0.05) is 13.8 Å². The van der Waals surface area contributed by atoms with Gasteiger partial charge in [0.25, 0.3) is 0 Å². The molecule has 0 spiro atoms. The molecule has 1 aromatic heterocycles. The van der Waals surface area contributed by atoms with Crippen molar-refractivity contribution in [3.05, 3.63) is 23.3 Å². The summed E-state index contributed by atoms with van der Waals surface area (Å²) in [5, 5.41) is 0. The SMILES string of the molecule is CC1c2ncc(C(F)(F)F)nc2C1C. The number of alkyl halides is 3. The minimum atomic E-state index is -4.39. The van der Waals surface area contributed by atoms with E-state index in [4.69, 9.17) is 0 Å². The van der Waals surface area contributed by atoms with Gasteiger partial charge in [-0.3, -0.25) is 4.98 Å². The highest BCUT2D eigenvalue weighted by Gasteiger charge is 2.39. The Labute approximate surface area is 79.2 Å². The Morgan fingerprint density at radius 2 is 1.71 bits per heavy atom. The lowest BCUT2D eigenvalue weighted by Gasteiger charge is -2.32. The zero-order chi connectivity index (χ0) is 10.5. The molecular formula is C9H9F3N2. The number of nitrogens with zero attached hydrogens (tertiary/aromatic N) is 2. The van der Waals surface area contributed by atoms with Crippen molar-refractivity contribution in [3.8, 4) is 0 Å². The highest BCUT2D eigenvalue weighted by Crippen LogP contribution is 2.44. The maximum absolute atomic E-state index is 12.2. The summed E-state index contributed by atoms with van der Waals surface area (Å²) in [6, 6.07) is 0. The Kier molecular flexibility index (Phi) is 1.81. The molecular weight excluding hydrogens is 193 g/mol. The van der Waals surface area contributed by atoms with Crippen LogP contribution in [0.1, 0.15) is 42.8 Å². The lowest BCUT2D eigenvalue weighted by Crippen LogP contribution is -2.25. The first-order valence-corrected chi connectivity index (χ1v) is 4.35. The van der Waals surface area contributed by atoms with Crippen LogP contribution in [0.2, 0.25) is 0 Å². The molecule has 1 aliphatic rings. The van der Waals surface area contributed by atoms with Gasteiger partial charge in [-0.25, -0.2) is 4.98 Å². The van der Waals surface area contributed by atoms with Gasteiger partial charge in [-0.05, 0) is 0 Å².